The Morgan fingerprint density at radius 3 is 3.00 bits per heavy atom. The third kappa shape index (κ3) is 2.37. The van der Waals surface area contributed by atoms with Crippen molar-refractivity contribution in [1.82, 2.24) is 10.4 Å². The number of nitrogens with zero attached hydrogens (tertiary/aromatic N) is 2. The Bertz CT molecular complexity index is 255. The van der Waals surface area contributed by atoms with Crippen LogP contribution in [0.25, 0.3) is 0 Å². The highest BCUT2D eigenvalue weighted by Crippen LogP contribution is 1.93. The molecule has 0 aliphatic carbocycles. The highest BCUT2D eigenvalue weighted by molar-refractivity contribution is 5.76. The molecule has 1 rings (SSSR count). The van der Waals surface area contributed by atoms with Crippen LogP contribution in [0.5, 0.6) is 0 Å². The lowest BCUT2D eigenvalue weighted by atomic mass is 10.3. The van der Waals surface area contributed by atoms with Gasteiger partial charge in [0, 0.05) is 12.7 Å². The second-order valence-electron chi connectivity index (χ2n) is 2.19. The smallest absolute Gasteiger partial charge is 0.0833 e. The number of hydrazone groups is 1. The lowest BCUT2D eigenvalue weighted by Crippen LogP contribution is -1.96. The van der Waals surface area contributed by atoms with Gasteiger partial charge in [0.15, 0.2) is 0 Å². The maximum absolute atomic E-state index is 4.22. The number of aryl methyl sites for hydroxylation is 1. The normalized spacial score (nSPS) is 10.4. The Morgan fingerprint density at radius 2 is 2.36 bits per heavy atom. The van der Waals surface area contributed by atoms with Gasteiger partial charge in [-0.05, 0) is 19.1 Å². The molecule has 58 valence electrons. The van der Waals surface area contributed by atoms with E-state index in [1.807, 2.05) is 25.1 Å². The number of nitrogens with one attached hydrogen (secondary N) is 1. The number of rotatable bonds is 2. The first-order valence-electron chi connectivity index (χ1n) is 3.46. The summed E-state index contributed by atoms with van der Waals surface area (Å²) in [4.78, 5) is 4.22. The first-order valence-corrected chi connectivity index (χ1v) is 3.46. The van der Waals surface area contributed by atoms with Crippen molar-refractivity contribution in [3.63, 3.8) is 0 Å². The average Bonchev–Trinajstić information content (AvgIpc) is 2.01. The molecule has 1 aromatic rings. The first kappa shape index (κ1) is 7.72. The summed E-state index contributed by atoms with van der Waals surface area (Å²) < 4.78 is 0. The number of aromatic nitrogens is 1. The quantitative estimate of drug-likeness (QED) is 0.502. The third-order valence-electron chi connectivity index (χ3n) is 1.24. The van der Waals surface area contributed by atoms with Crippen LogP contribution in [0.15, 0.2) is 23.3 Å². The van der Waals surface area contributed by atoms with Crippen LogP contribution in [0.4, 0.5) is 0 Å². The molecule has 0 bridgehead atoms. The van der Waals surface area contributed by atoms with Crippen LogP contribution in [0, 0.1) is 6.92 Å². The molecule has 0 radical (unpaired) electrons. The lowest BCUT2D eigenvalue weighted by Gasteiger charge is -1.93. The second-order valence-corrected chi connectivity index (χ2v) is 2.19. The Hall–Kier alpha value is -1.38. The van der Waals surface area contributed by atoms with Gasteiger partial charge in [-0.15, -0.1) is 0 Å². The molecule has 0 spiro atoms. The van der Waals surface area contributed by atoms with E-state index in [9.17, 15) is 0 Å². The van der Waals surface area contributed by atoms with Gasteiger partial charge >= 0.3 is 0 Å². The van der Waals surface area contributed by atoms with Gasteiger partial charge in [0.2, 0.25) is 0 Å². The molecule has 11 heavy (non-hydrogen) atoms. The van der Waals surface area contributed by atoms with Gasteiger partial charge < -0.3 is 5.43 Å². The third-order valence-corrected chi connectivity index (χ3v) is 1.24. The van der Waals surface area contributed by atoms with Crippen LogP contribution < -0.4 is 5.43 Å². The van der Waals surface area contributed by atoms with Gasteiger partial charge in [-0.25, -0.2) is 0 Å². The maximum Gasteiger partial charge on any atom is 0.0833 e. The van der Waals surface area contributed by atoms with Crippen LogP contribution in [0.2, 0.25) is 0 Å². The molecule has 0 amide bonds. The van der Waals surface area contributed by atoms with E-state index < -0.39 is 0 Å². The fourth-order valence-corrected chi connectivity index (χ4v) is 0.767. The minimum absolute atomic E-state index is 0.874. The van der Waals surface area contributed by atoms with Gasteiger partial charge in [0.25, 0.3) is 0 Å². The van der Waals surface area contributed by atoms with Gasteiger partial charge in [0.05, 0.1) is 11.9 Å². The van der Waals surface area contributed by atoms with E-state index in [1.54, 1.807) is 13.3 Å². The van der Waals surface area contributed by atoms with E-state index in [2.05, 4.69) is 15.5 Å². The topological polar surface area (TPSA) is 37.3 Å². The molecule has 3 heteroatoms. The number of hydrogen-bond donors (Lipinski definition) is 1. The lowest BCUT2D eigenvalue weighted by molar-refractivity contribution is 0.906. The molecule has 0 aromatic carbocycles. The largest absolute Gasteiger partial charge is 0.313 e. The summed E-state index contributed by atoms with van der Waals surface area (Å²) in [5.41, 5.74) is 4.54. The zero-order valence-corrected chi connectivity index (χ0v) is 6.70. The summed E-state index contributed by atoms with van der Waals surface area (Å²) in [6.07, 6.45) is 1.69. The minimum Gasteiger partial charge on any atom is -0.313 e. The fraction of sp³-hybridized carbons (Fsp3) is 0.250. The molecule has 0 saturated heterocycles. The molecule has 0 fully saturated rings. The van der Waals surface area contributed by atoms with Crippen LogP contribution in [-0.2, 0) is 0 Å². The highest BCUT2D eigenvalue weighted by atomic mass is 15.3. The Labute approximate surface area is 66.2 Å². The number of pyridine rings is 1. The zero-order chi connectivity index (χ0) is 8.10. The number of hydrogen-bond acceptors (Lipinski definition) is 3. The van der Waals surface area contributed by atoms with Gasteiger partial charge in [-0.2, -0.15) is 5.10 Å². The van der Waals surface area contributed by atoms with E-state index in [0.29, 0.717) is 0 Å². The molecule has 0 aliphatic heterocycles. The molecule has 0 atom stereocenters. The van der Waals surface area contributed by atoms with Crippen molar-refractivity contribution in [2.24, 2.45) is 5.10 Å². The summed E-state index contributed by atoms with van der Waals surface area (Å²) in [7, 11) is 1.76. The minimum atomic E-state index is 0.874. The molecular weight excluding hydrogens is 138 g/mol. The Balaban J connectivity index is 2.79. The van der Waals surface area contributed by atoms with Gasteiger partial charge in [-0.1, -0.05) is 6.07 Å². The van der Waals surface area contributed by atoms with Crippen molar-refractivity contribution in [3.05, 3.63) is 29.6 Å². The SMILES string of the molecule is CN/N=C\c1cccc(C)n1. The van der Waals surface area contributed by atoms with Crippen molar-refractivity contribution in [1.29, 1.82) is 0 Å². The van der Waals surface area contributed by atoms with Crippen molar-refractivity contribution in [3.8, 4) is 0 Å². The molecule has 1 heterocycles. The summed E-state index contributed by atoms with van der Waals surface area (Å²) >= 11 is 0. The Morgan fingerprint density at radius 1 is 1.55 bits per heavy atom. The van der Waals surface area contributed by atoms with E-state index in [0.717, 1.165) is 11.4 Å². The van der Waals surface area contributed by atoms with E-state index in [1.165, 1.54) is 0 Å². The fourth-order valence-electron chi connectivity index (χ4n) is 0.767. The molecule has 0 aliphatic rings. The van der Waals surface area contributed by atoms with E-state index in [4.69, 9.17) is 0 Å². The van der Waals surface area contributed by atoms with Crippen LogP contribution in [-0.4, -0.2) is 18.2 Å². The van der Waals surface area contributed by atoms with Crippen LogP contribution in [0.1, 0.15) is 11.4 Å². The molecule has 1 aromatic heterocycles. The van der Waals surface area contributed by atoms with Gasteiger partial charge in [-0.3, -0.25) is 4.98 Å². The summed E-state index contributed by atoms with van der Waals surface area (Å²) in [5, 5.41) is 3.85. The standard InChI is InChI=1S/C8H11N3/c1-7-4-3-5-8(11-7)6-10-9-2/h3-6,9H,1-2H3/b10-6-. The molecule has 1 N–H and O–H groups in total. The van der Waals surface area contributed by atoms with Crippen molar-refractivity contribution in [2.75, 3.05) is 7.05 Å². The first-order chi connectivity index (χ1) is 5.33. The van der Waals surface area contributed by atoms with E-state index >= 15 is 0 Å². The predicted molar refractivity (Wildman–Crippen MR) is 45.6 cm³/mol. The molecular formula is C8H11N3. The van der Waals surface area contributed by atoms with Crippen molar-refractivity contribution >= 4 is 6.21 Å². The molecule has 0 saturated carbocycles. The summed E-state index contributed by atoms with van der Waals surface area (Å²) in [5.74, 6) is 0. The zero-order valence-electron chi connectivity index (χ0n) is 6.70. The maximum atomic E-state index is 4.22. The average molecular weight is 149 g/mol. The van der Waals surface area contributed by atoms with E-state index in [-0.39, 0.29) is 0 Å². The van der Waals surface area contributed by atoms with Crippen LogP contribution in [0.3, 0.4) is 0 Å². The monoisotopic (exact) mass is 149 g/mol. The van der Waals surface area contributed by atoms with Gasteiger partial charge in [0.1, 0.15) is 0 Å². The Kier molecular flexibility index (Phi) is 2.60. The predicted octanol–water partition coefficient (Wildman–Crippen LogP) is 0.943. The molecule has 3 nitrogen and oxygen atoms in total. The highest BCUT2D eigenvalue weighted by Gasteiger charge is 1.87. The second kappa shape index (κ2) is 3.71. The summed E-state index contributed by atoms with van der Waals surface area (Å²) in [6, 6.07) is 5.82. The van der Waals surface area contributed by atoms with Crippen LogP contribution >= 0.6 is 0 Å². The van der Waals surface area contributed by atoms with Crippen molar-refractivity contribution in [2.45, 2.75) is 6.92 Å². The van der Waals surface area contributed by atoms with Crippen molar-refractivity contribution < 1.29 is 0 Å². The molecule has 0 unspecified atom stereocenters. The summed E-state index contributed by atoms with van der Waals surface area (Å²) in [6.45, 7) is 1.96.